The number of amides is 2. The van der Waals surface area contributed by atoms with E-state index in [4.69, 9.17) is 0 Å². The lowest BCUT2D eigenvalue weighted by molar-refractivity contribution is -0.128. The minimum atomic E-state index is -0.217. The number of anilines is 1. The third-order valence-electron chi connectivity index (χ3n) is 4.68. The van der Waals surface area contributed by atoms with E-state index in [0.717, 1.165) is 27.6 Å². The number of carbonyl (C=O) groups excluding carboxylic acids is 2. The fourth-order valence-corrected chi connectivity index (χ4v) is 6.02. The molecule has 1 saturated heterocycles. The Hall–Kier alpha value is -2.36. The van der Waals surface area contributed by atoms with Crippen LogP contribution < -0.4 is 5.32 Å². The molecule has 0 aliphatic carbocycles. The van der Waals surface area contributed by atoms with Crippen LogP contribution in [0.4, 0.5) is 5.13 Å². The number of nitrogens with zero attached hydrogens (tertiary/aromatic N) is 3. The number of hydrogen-bond donors (Lipinski definition) is 1. The summed E-state index contributed by atoms with van der Waals surface area (Å²) >= 11 is 4.64. The second-order valence-electron chi connectivity index (χ2n) is 6.97. The summed E-state index contributed by atoms with van der Waals surface area (Å²) in [5.41, 5.74) is 2.66. The van der Waals surface area contributed by atoms with Crippen LogP contribution in [0, 0.1) is 0 Å². The molecule has 3 aromatic rings. The molecule has 0 bridgehead atoms. The van der Waals surface area contributed by atoms with Crippen LogP contribution in [0.25, 0.3) is 0 Å². The standard InChI is InChI=1S/C22H22N4O2S3/c1-2-12-29-22-25-24-21(31-22)23-19(28)16-8-10-17(11-9-16)20-26(18(27)14-30-20)13-15-6-4-3-5-7-15/h3-11,20H,2,12-14H2,1H3,(H,23,24,28). The Labute approximate surface area is 193 Å². The van der Waals surface area contributed by atoms with Crippen LogP contribution in [0.1, 0.15) is 40.2 Å². The molecule has 1 fully saturated rings. The zero-order valence-electron chi connectivity index (χ0n) is 17.0. The molecular weight excluding hydrogens is 448 g/mol. The Morgan fingerprint density at radius 2 is 1.94 bits per heavy atom. The number of carbonyl (C=O) groups is 2. The maximum atomic E-state index is 12.6. The molecule has 1 N–H and O–H groups in total. The van der Waals surface area contributed by atoms with Gasteiger partial charge in [0.2, 0.25) is 11.0 Å². The van der Waals surface area contributed by atoms with Gasteiger partial charge in [0.05, 0.1) is 5.75 Å². The highest BCUT2D eigenvalue weighted by Gasteiger charge is 2.32. The average molecular weight is 471 g/mol. The Bertz CT molecular complexity index is 1040. The first-order chi connectivity index (χ1) is 15.1. The lowest BCUT2D eigenvalue weighted by atomic mass is 10.1. The van der Waals surface area contributed by atoms with Gasteiger partial charge in [0.15, 0.2) is 4.34 Å². The van der Waals surface area contributed by atoms with Gasteiger partial charge in [-0.15, -0.1) is 22.0 Å². The smallest absolute Gasteiger partial charge is 0.257 e. The molecule has 160 valence electrons. The highest BCUT2D eigenvalue weighted by atomic mass is 32.2. The lowest BCUT2D eigenvalue weighted by Gasteiger charge is -2.24. The summed E-state index contributed by atoms with van der Waals surface area (Å²) in [5, 5.41) is 11.4. The van der Waals surface area contributed by atoms with Crippen LogP contribution >= 0.6 is 34.9 Å². The van der Waals surface area contributed by atoms with Crippen molar-refractivity contribution in [2.45, 2.75) is 29.6 Å². The summed E-state index contributed by atoms with van der Waals surface area (Å²) < 4.78 is 0.855. The van der Waals surface area contributed by atoms with Gasteiger partial charge in [-0.2, -0.15) is 0 Å². The van der Waals surface area contributed by atoms with Gasteiger partial charge in [-0.1, -0.05) is 72.5 Å². The Balaban J connectivity index is 1.41. The van der Waals surface area contributed by atoms with Crippen molar-refractivity contribution in [3.05, 3.63) is 71.3 Å². The number of thioether (sulfide) groups is 2. The summed E-state index contributed by atoms with van der Waals surface area (Å²) in [6.45, 7) is 2.69. The predicted molar refractivity (Wildman–Crippen MR) is 128 cm³/mol. The fraction of sp³-hybridized carbons (Fsp3) is 0.273. The number of hydrogen-bond acceptors (Lipinski definition) is 7. The maximum absolute atomic E-state index is 12.6. The van der Waals surface area contributed by atoms with Crippen molar-refractivity contribution < 1.29 is 9.59 Å². The fourth-order valence-electron chi connectivity index (χ4n) is 3.16. The minimum Gasteiger partial charge on any atom is -0.322 e. The number of nitrogens with one attached hydrogen (secondary N) is 1. The monoisotopic (exact) mass is 470 g/mol. The normalized spacial score (nSPS) is 16.0. The highest BCUT2D eigenvalue weighted by molar-refractivity contribution is 8.01. The lowest BCUT2D eigenvalue weighted by Crippen LogP contribution is -2.27. The molecule has 1 atom stereocenters. The van der Waals surface area contributed by atoms with Gasteiger partial charge in [-0.3, -0.25) is 14.9 Å². The molecule has 6 nitrogen and oxygen atoms in total. The summed E-state index contributed by atoms with van der Waals surface area (Å²) in [6, 6.07) is 17.4. The summed E-state index contributed by atoms with van der Waals surface area (Å²) in [6.07, 6.45) is 1.06. The van der Waals surface area contributed by atoms with Crippen molar-refractivity contribution in [2.24, 2.45) is 0 Å². The van der Waals surface area contributed by atoms with E-state index in [9.17, 15) is 9.59 Å². The molecule has 0 saturated carbocycles. The molecule has 2 amide bonds. The molecule has 31 heavy (non-hydrogen) atoms. The van der Waals surface area contributed by atoms with Crippen LogP contribution in [0.5, 0.6) is 0 Å². The third kappa shape index (κ3) is 5.47. The molecular formula is C22H22N4O2S3. The van der Waals surface area contributed by atoms with E-state index in [1.54, 1.807) is 35.7 Å². The second-order valence-corrected chi connectivity index (χ2v) is 10.4. The molecule has 1 aliphatic heterocycles. The molecule has 1 aliphatic rings. The number of rotatable bonds is 8. The molecule has 9 heteroatoms. The first kappa shape index (κ1) is 21.9. The maximum Gasteiger partial charge on any atom is 0.257 e. The third-order valence-corrected chi connectivity index (χ3v) is 8.11. The van der Waals surface area contributed by atoms with E-state index in [0.29, 0.717) is 23.0 Å². The van der Waals surface area contributed by atoms with Crippen LogP contribution in [-0.2, 0) is 11.3 Å². The SMILES string of the molecule is CCCSc1nnc(NC(=O)c2ccc(C3SCC(=O)N3Cc3ccccc3)cc2)s1. The van der Waals surface area contributed by atoms with Crippen molar-refractivity contribution in [3.8, 4) is 0 Å². The first-order valence-corrected chi connectivity index (χ1v) is 12.8. The number of benzene rings is 2. The first-order valence-electron chi connectivity index (χ1n) is 9.96. The van der Waals surface area contributed by atoms with E-state index in [-0.39, 0.29) is 17.2 Å². The molecule has 2 heterocycles. The Kier molecular flexibility index (Phi) is 7.26. The summed E-state index contributed by atoms with van der Waals surface area (Å²) in [5.74, 6) is 1.36. The number of aromatic nitrogens is 2. The van der Waals surface area contributed by atoms with Crippen LogP contribution in [-0.4, -0.2) is 38.4 Å². The topological polar surface area (TPSA) is 75.2 Å². The Morgan fingerprint density at radius 3 is 2.68 bits per heavy atom. The van der Waals surface area contributed by atoms with Gasteiger partial charge in [0, 0.05) is 17.9 Å². The molecule has 1 aromatic heterocycles. The summed E-state index contributed by atoms with van der Waals surface area (Å²) in [7, 11) is 0. The van der Waals surface area contributed by atoms with Crippen molar-refractivity contribution in [1.82, 2.24) is 15.1 Å². The van der Waals surface area contributed by atoms with E-state index in [1.807, 2.05) is 47.4 Å². The highest BCUT2D eigenvalue weighted by Crippen LogP contribution is 2.39. The van der Waals surface area contributed by atoms with Crippen LogP contribution in [0.15, 0.2) is 58.9 Å². The predicted octanol–water partition coefficient (Wildman–Crippen LogP) is 5.07. The van der Waals surface area contributed by atoms with Gasteiger partial charge < -0.3 is 4.90 Å². The zero-order chi connectivity index (χ0) is 21.6. The second kappa shape index (κ2) is 10.3. The molecule has 4 rings (SSSR count). The van der Waals surface area contributed by atoms with Crippen molar-refractivity contribution >= 4 is 51.8 Å². The summed E-state index contributed by atoms with van der Waals surface area (Å²) in [4.78, 5) is 26.9. The van der Waals surface area contributed by atoms with Crippen LogP contribution in [0.2, 0.25) is 0 Å². The minimum absolute atomic E-state index is 0.0499. The van der Waals surface area contributed by atoms with E-state index >= 15 is 0 Å². The quantitative estimate of drug-likeness (QED) is 0.366. The van der Waals surface area contributed by atoms with E-state index < -0.39 is 0 Å². The largest absolute Gasteiger partial charge is 0.322 e. The molecule has 0 radical (unpaired) electrons. The zero-order valence-corrected chi connectivity index (χ0v) is 19.4. The van der Waals surface area contributed by atoms with E-state index in [1.165, 1.54) is 11.3 Å². The van der Waals surface area contributed by atoms with Gasteiger partial charge in [0.1, 0.15) is 5.37 Å². The molecule has 1 unspecified atom stereocenters. The van der Waals surface area contributed by atoms with Crippen LogP contribution in [0.3, 0.4) is 0 Å². The van der Waals surface area contributed by atoms with Crippen molar-refractivity contribution in [2.75, 3.05) is 16.8 Å². The van der Waals surface area contributed by atoms with Crippen molar-refractivity contribution in [3.63, 3.8) is 0 Å². The van der Waals surface area contributed by atoms with Gasteiger partial charge in [0.25, 0.3) is 5.91 Å². The molecule has 2 aromatic carbocycles. The van der Waals surface area contributed by atoms with Gasteiger partial charge >= 0.3 is 0 Å². The molecule has 0 spiro atoms. The average Bonchev–Trinajstić information content (AvgIpc) is 3.39. The van der Waals surface area contributed by atoms with E-state index in [2.05, 4.69) is 22.4 Å². The van der Waals surface area contributed by atoms with Crippen molar-refractivity contribution in [1.29, 1.82) is 0 Å². The van der Waals surface area contributed by atoms with Gasteiger partial charge in [-0.25, -0.2) is 0 Å². The Morgan fingerprint density at radius 1 is 1.16 bits per heavy atom. The van der Waals surface area contributed by atoms with Gasteiger partial charge in [-0.05, 0) is 29.7 Å².